The molecule has 1 aliphatic heterocycles. The van der Waals surface area contributed by atoms with Gasteiger partial charge in [-0.15, -0.1) is 0 Å². The summed E-state index contributed by atoms with van der Waals surface area (Å²) in [5, 5.41) is 3.95. The topological polar surface area (TPSA) is 132 Å². The fourth-order valence-corrected chi connectivity index (χ4v) is 3.29. The molecule has 0 fully saturated rings. The van der Waals surface area contributed by atoms with Crippen molar-refractivity contribution in [2.45, 2.75) is 32.4 Å². The van der Waals surface area contributed by atoms with Gasteiger partial charge in [-0.2, -0.15) is 0 Å². The lowest BCUT2D eigenvalue weighted by Gasteiger charge is -2.24. The molecule has 1 aromatic heterocycles. The Morgan fingerprint density at radius 1 is 1.37 bits per heavy atom. The monoisotopic (exact) mass is 415 g/mol. The number of hydrogen-bond acceptors (Lipinski definition) is 7. The Kier molecular flexibility index (Phi) is 6.68. The van der Waals surface area contributed by atoms with Crippen LogP contribution in [-0.4, -0.2) is 41.4 Å². The van der Waals surface area contributed by atoms with Crippen LogP contribution in [0.5, 0.6) is 0 Å². The number of aromatic amines is 1. The lowest BCUT2D eigenvalue weighted by Crippen LogP contribution is -2.45. The number of nitrogens with two attached hydrogens (primary N) is 1. The Labute approximate surface area is 172 Å². The van der Waals surface area contributed by atoms with E-state index in [4.69, 9.17) is 15.3 Å². The van der Waals surface area contributed by atoms with Gasteiger partial charge in [-0.3, -0.25) is 24.0 Å². The fraction of sp³-hybridized carbons (Fsp3) is 0.400. The molecule has 160 valence electrons. The summed E-state index contributed by atoms with van der Waals surface area (Å²) >= 11 is 0. The third-order valence-electron chi connectivity index (χ3n) is 4.78. The van der Waals surface area contributed by atoms with E-state index in [0.717, 1.165) is 5.56 Å². The molecule has 0 bridgehead atoms. The van der Waals surface area contributed by atoms with Crippen LogP contribution < -0.4 is 21.9 Å². The molecule has 0 spiro atoms. The molecule has 3 N–H and O–H groups in total. The zero-order valence-corrected chi connectivity index (χ0v) is 17.0. The first kappa shape index (κ1) is 21.3. The number of carbonyl (C=O) groups excluding carboxylic acids is 1. The molecule has 30 heavy (non-hydrogen) atoms. The molecule has 3 rings (SSSR count). The SMILES string of the molecule is CCCn1c(N)c(N(CCOC)C(=O)C2=NOC(c3ccccc3)C2)c(=O)[nH]c1=O. The smallest absolute Gasteiger partial charge is 0.330 e. The van der Waals surface area contributed by atoms with Gasteiger partial charge >= 0.3 is 5.69 Å². The van der Waals surface area contributed by atoms with Crippen molar-refractivity contribution in [3.8, 4) is 0 Å². The molecule has 0 radical (unpaired) electrons. The quantitative estimate of drug-likeness (QED) is 0.662. The minimum Gasteiger partial charge on any atom is -0.387 e. The molecule has 1 aliphatic rings. The number of hydrogen-bond donors (Lipinski definition) is 2. The number of anilines is 2. The molecular weight excluding hydrogens is 390 g/mol. The summed E-state index contributed by atoms with van der Waals surface area (Å²) in [5.74, 6) is -0.599. The van der Waals surface area contributed by atoms with Crippen molar-refractivity contribution in [1.29, 1.82) is 0 Å². The van der Waals surface area contributed by atoms with Crippen molar-refractivity contribution < 1.29 is 14.4 Å². The maximum atomic E-state index is 13.3. The molecule has 1 amide bonds. The zero-order chi connectivity index (χ0) is 21.7. The minimum atomic E-state index is -0.742. The highest BCUT2D eigenvalue weighted by molar-refractivity contribution is 6.44. The van der Waals surface area contributed by atoms with E-state index in [2.05, 4.69) is 10.1 Å². The van der Waals surface area contributed by atoms with Gasteiger partial charge in [0.25, 0.3) is 11.5 Å². The summed E-state index contributed by atoms with van der Waals surface area (Å²) in [7, 11) is 1.48. The number of nitrogen functional groups attached to an aromatic ring is 1. The van der Waals surface area contributed by atoms with Gasteiger partial charge in [-0.1, -0.05) is 42.4 Å². The van der Waals surface area contributed by atoms with Gasteiger partial charge in [0, 0.05) is 26.6 Å². The van der Waals surface area contributed by atoms with Crippen molar-refractivity contribution in [3.63, 3.8) is 0 Å². The number of nitrogens with zero attached hydrogens (tertiary/aromatic N) is 3. The van der Waals surface area contributed by atoms with Crippen LogP contribution in [0.4, 0.5) is 11.5 Å². The molecule has 2 heterocycles. The van der Waals surface area contributed by atoms with E-state index in [9.17, 15) is 14.4 Å². The van der Waals surface area contributed by atoms with Crippen LogP contribution in [0.25, 0.3) is 0 Å². The lowest BCUT2D eigenvalue weighted by molar-refractivity contribution is -0.112. The van der Waals surface area contributed by atoms with Crippen molar-refractivity contribution in [2.75, 3.05) is 30.9 Å². The molecule has 1 unspecified atom stereocenters. The highest BCUT2D eigenvalue weighted by atomic mass is 16.6. The van der Waals surface area contributed by atoms with E-state index in [1.54, 1.807) is 0 Å². The number of rotatable bonds is 8. The van der Waals surface area contributed by atoms with Crippen LogP contribution in [0.2, 0.25) is 0 Å². The normalized spacial score (nSPS) is 15.5. The summed E-state index contributed by atoms with van der Waals surface area (Å²) < 4.78 is 6.33. The average Bonchev–Trinajstić information content (AvgIpc) is 3.24. The van der Waals surface area contributed by atoms with E-state index < -0.39 is 17.2 Å². The molecule has 2 aromatic rings. The maximum Gasteiger partial charge on any atom is 0.330 e. The third kappa shape index (κ3) is 4.28. The minimum absolute atomic E-state index is 0.0575. The Morgan fingerprint density at radius 2 is 2.10 bits per heavy atom. The van der Waals surface area contributed by atoms with Gasteiger partial charge in [0.15, 0.2) is 11.8 Å². The van der Waals surface area contributed by atoms with E-state index >= 15 is 0 Å². The second kappa shape index (κ2) is 9.40. The summed E-state index contributed by atoms with van der Waals surface area (Å²) in [4.78, 5) is 46.8. The van der Waals surface area contributed by atoms with E-state index in [1.807, 2.05) is 37.3 Å². The van der Waals surface area contributed by atoms with Crippen LogP contribution in [-0.2, 0) is 20.9 Å². The zero-order valence-electron chi connectivity index (χ0n) is 17.0. The van der Waals surface area contributed by atoms with Crippen molar-refractivity contribution in [3.05, 3.63) is 56.7 Å². The first-order chi connectivity index (χ1) is 14.5. The van der Waals surface area contributed by atoms with Gasteiger partial charge in [-0.05, 0) is 12.0 Å². The first-order valence-electron chi connectivity index (χ1n) is 9.69. The van der Waals surface area contributed by atoms with Crippen LogP contribution >= 0.6 is 0 Å². The first-order valence-corrected chi connectivity index (χ1v) is 9.69. The van der Waals surface area contributed by atoms with E-state index in [1.165, 1.54) is 16.6 Å². The van der Waals surface area contributed by atoms with Crippen LogP contribution in [0, 0.1) is 0 Å². The number of H-pyrrole nitrogens is 1. The maximum absolute atomic E-state index is 13.3. The molecule has 10 nitrogen and oxygen atoms in total. The number of nitrogens with one attached hydrogen (secondary N) is 1. The van der Waals surface area contributed by atoms with Crippen LogP contribution in [0.15, 0.2) is 45.1 Å². The van der Waals surface area contributed by atoms with Crippen molar-refractivity contribution in [1.82, 2.24) is 9.55 Å². The number of benzene rings is 1. The number of aromatic nitrogens is 2. The molecule has 0 saturated heterocycles. The van der Waals surface area contributed by atoms with Gasteiger partial charge in [-0.25, -0.2) is 4.79 Å². The Morgan fingerprint density at radius 3 is 2.77 bits per heavy atom. The lowest BCUT2D eigenvalue weighted by atomic mass is 10.0. The average molecular weight is 415 g/mol. The summed E-state index contributed by atoms with van der Waals surface area (Å²) in [6.07, 6.45) is 0.485. The molecule has 1 aromatic carbocycles. The van der Waals surface area contributed by atoms with Gasteiger partial charge in [0.2, 0.25) is 0 Å². The highest BCUT2D eigenvalue weighted by Crippen LogP contribution is 2.28. The van der Waals surface area contributed by atoms with Crippen molar-refractivity contribution >= 4 is 23.1 Å². The van der Waals surface area contributed by atoms with E-state index in [-0.39, 0.29) is 42.9 Å². The number of carbonyl (C=O) groups is 1. The summed E-state index contributed by atoms with van der Waals surface area (Å²) in [5.41, 5.74) is 5.72. The predicted octanol–water partition coefficient (Wildman–Crippen LogP) is 1.03. The van der Waals surface area contributed by atoms with Gasteiger partial charge in [0.1, 0.15) is 11.5 Å². The molecule has 0 aliphatic carbocycles. The molecular formula is C20H25N5O5. The fourth-order valence-electron chi connectivity index (χ4n) is 3.29. The summed E-state index contributed by atoms with van der Waals surface area (Å²) in [6, 6.07) is 9.42. The predicted molar refractivity (Wildman–Crippen MR) is 113 cm³/mol. The van der Waals surface area contributed by atoms with Gasteiger partial charge < -0.3 is 15.3 Å². The number of methoxy groups -OCH3 is 1. The third-order valence-corrected chi connectivity index (χ3v) is 4.78. The Bertz CT molecular complexity index is 1040. The number of oxime groups is 1. The largest absolute Gasteiger partial charge is 0.387 e. The van der Waals surface area contributed by atoms with Crippen molar-refractivity contribution in [2.24, 2.45) is 5.16 Å². The second-order valence-electron chi connectivity index (χ2n) is 6.84. The standard InChI is InChI=1S/C20H25N5O5/c1-3-9-25-17(21)16(18(26)22-20(25)28)24(10-11-29-2)19(27)14-12-15(30-23-14)13-7-5-4-6-8-13/h4-8,15H,3,9-12,21H2,1-2H3,(H,22,26,28). The Balaban J connectivity index is 1.94. The molecule has 0 saturated carbocycles. The van der Waals surface area contributed by atoms with Crippen LogP contribution in [0.3, 0.4) is 0 Å². The number of amides is 1. The van der Waals surface area contributed by atoms with Crippen LogP contribution in [0.1, 0.15) is 31.4 Å². The number of ether oxygens (including phenoxy) is 1. The summed E-state index contributed by atoms with van der Waals surface area (Å²) in [6.45, 7) is 2.40. The molecule has 1 atom stereocenters. The highest BCUT2D eigenvalue weighted by Gasteiger charge is 2.33. The Hall–Kier alpha value is -3.40. The van der Waals surface area contributed by atoms with E-state index in [0.29, 0.717) is 13.0 Å². The molecule has 10 heteroatoms. The second-order valence-corrected chi connectivity index (χ2v) is 6.84. The van der Waals surface area contributed by atoms with Gasteiger partial charge in [0.05, 0.1) is 6.61 Å².